The highest BCUT2D eigenvalue weighted by Crippen LogP contribution is 2.27. The molecule has 1 aliphatic heterocycles. The maximum atomic E-state index is 6.03. The van der Waals surface area contributed by atoms with Crippen molar-refractivity contribution in [3.8, 4) is 0 Å². The third kappa shape index (κ3) is 3.36. The Kier molecular flexibility index (Phi) is 4.34. The Morgan fingerprint density at radius 3 is 3.00 bits per heavy atom. The van der Waals surface area contributed by atoms with E-state index in [1.807, 2.05) is 42.6 Å². The smallest absolute Gasteiger partial charge is 0.157 e. The Hall–Kier alpha value is -2.15. The number of ether oxygens (including phenoxy) is 1. The molecule has 0 spiro atoms. The van der Waals surface area contributed by atoms with Crippen LogP contribution in [-0.2, 0) is 17.8 Å². The van der Waals surface area contributed by atoms with E-state index in [4.69, 9.17) is 20.8 Å². The molecule has 0 saturated carbocycles. The summed E-state index contributed by atoms with van der Waals surface area (Å²) in [6.07, 6.45) is 3.41. The number of benzene rings is 1. The van der Waals surface area contributed by atoms with Crippen molar-refractivity contribution >= 4 is 11.6 Å². The van der Waals surface area contributed by atoms with Gasteiger partial charge in [-0.3, -0.25) is 4.90 Å². The van der Waals surface area contributed by atoms with Gasteiger partial charge in [-0.15, -0.1) is 5.10 Å². The molecule has 7 heteroatoms. The fourth-order valence-electron chi connectivity index (χ4n) is 2.87. The van der Waals surface area contributed by atoms with Gasteiger partial charge in [0.1, 0.15) is 11.5 Å². The van der Waals surface area contributed by atoms with Crippen LogP contribution in [0.3, 0.4) is 0 Å². The van der Waals surface area contributed by atoms with Gasteiger partial charge in [0.2, 0.25) is 0 Å². The van der Waals surface area contributed by atoms with Gasteiger partial charge >= 0.3 is 0 Å². The summed E-state index contributed by atoms with van der Waals surface area (Å²) in [6, 6.07) is 11.6. The van der Waals surface area contributed by atoms with E-state index >= 15 is 0 Å². The molecule has 4 rings (SSSR count). The fraction of sp³-hybridized carbons (Fsp3) is 0.294. The van der Waals surface area contributed by atoms with Crippen molar-refractivity contribution in [3.05, 3.63) is 70.9 Å². The highest BCUT2D eigenvalue weighted by Gasteiger charge is 2.29. The van der Waals surface area contributed by atoms with Gasteiger partial charge in [-0.2, -0.15) is 0 Å². The first-order valence-electron chi connectivity index (χ1n) is 7.80. The van der Waals surface area contributed by atoms with E-state index < -0.39 is 0 Å². The average molecular weight is 345 g/mol. The number of halogens is 1. The first-order chi connectivity index (χ1) is 11.8. The van der Waals surface area contributed by atoms with E-state index in [9.17, 15) is 0 Å². The number of hydrogen-bond donors (Lipinski definition) is 0. The van der Waals surface area contributed by atoms with Crippen LogP contribution < -0.4 is 0 Å². The summed E-state index contributed by atoms with van der Waals surface area (Å²) >= 11 is 6.03. The predicted molar refractivity (Wildman–Crippen MR) is 88.4 cm³/mol. The quantitative estimate of drug-likeness (QED) is 0.712. The van der Waals surface area contributed by atoms with E-state index in [-0.39, 0.29) is 6.23 Å². The van der Waals surface area contributed by atoms with E-state index in [0.29, 0.717) is 19.7 Å². The number of furan rings is 1. The Morgan fingerprint density at radius 1 is 1.21 bits per heavy atom. The second-order valence-electron chi connectivity index (χ2n) is 5.74. The van der Waals surface area contributed by atoms with Crippen molar-refractivity contribution in [1.82, 2.24) is 19.9 Å². The molecule has 0 bridgehead atoms. The van der Waals surface area contributed by atoms with Crippen LogP contribution in [-0.4, -0.2) is 33.0 Å². The normalized spacial score (nSPS) is 18.3. The maximum absolute atomic E-state index is 6.03. The minimum atomic E-state index is -0.191. The lowest BCUT2D eigenvalue weighted by molar-refractivity contribution is 0.0223. The Labute approximate surface area is 144 Å². The topological polar surface area (TPSA) is 56.3 Å². The van der Waals surface area contributed by atoms with Crippen LogP contribution >= 0.6 is 11.6 Å². The largest absolute Gasteiger partial charge is 0.468 e. The fourth-order valence-corrected chi connectivity index (χ4v) is 3.08. The monoisotopic (exact) mass is 344 g/mol. The van der Waals surface area contributed by atoms with E-state index in [1.54, 1.807) is 10.9 Å². The van der Waals surface area contributed by atoms with Gasteiger partial charge in [0.15, 0.2) is 6.23 Å². The molecule has 1 unspecified atom stereocenters. The summed E-state index contributed by atoms with van der Waals surface area (Å²) < 4.78 is 13.1. The van der Waals surface area contributed by atoms with Gasteiger partial charge in [-0.1, -0.05) is 28.9 Å². The number of hydrogen-bond acceptors (Lipinski definition) is 5. The molecule has 1 atom stereocenters. The van der Waals surface area contributed by atoms with Crippen molar-refractivity contribution in [2.24, 2.45) is 0 Å². The highest BCUT2D eigenvalue weighted by molar-refractivity contribution is 6.30. The summed E-state index contributed by atoms with van der Waals surface area (Å²) in [5, 5.41) is 9.21. The second-order valence-corrected chi connectivity index (χ2v) is 6.18. The molecule has 0 N–H and O–H groups in total. The summed E-state index contributed by atoms with van der Waals surface area (Å²) in [5.74, 6) is 0.914. The molecule has 0 amide bonds. The molecule has 3 aromatic rings. The maximum Gasteiger partial charge on any atom is 0.157 e. The molecular formula is C17H17ClN4O2. The third-order valence-corrected chi connectivity index (χ3v) is 4.20. The first-order valence-corrected chi connectivity index (χ1v) is 8.18. The first kappa shape index (κ1) is 15.4. The molecule has 6 nitrogen and oxygen atoms in total. The van der Waals surface area contributed by atoms with Crippen LogP contribution in [0.4, 0.5) is 0 Å². The molecule has 24 heavy (non-hydrogen) atoms. The SMILES string of the molecule is Clc1cccc(Cn2cc(C3OCCN3Cc3ccco3)nn2)c1. The van der Waals surface area contributed by atoms with E-state index in [1.165, 1.54) is 0 Å². The molecule has 1 fully saturated rings. The molecule has 0 radical (unpaired) electrons. The molecule has 1 saturated heterocycles. The summed E-state index contributed by atoms with van der Waals surface area (Å²) in [5.41, 5.74) is 1.89. The lowest BCUT2D eigenvalue weighted by Gasteiger charge is -2.19. The van der Waals surface area contributed by atoms with Gasteiger partial charge in [-0.25, -0.2) is 4.68 Å². The standard InChI is InChI=1S/C17H17ClN4O2/c18-14-4-1-3-13(9-14)10-22-12-16(19-20-22)17-21(6-8-24-17)11-15-5-2-7-23-15/h1-5,7,9,12,17H,6,8,10-11H2. The number of aromatic nitrogens is 3. The zero-order chi connectivity index (χ0) is 16.4. The van der Waals surface area contributed by atoms with E-state index in [0.717, 1.165) is 28.6 Å². The minimum Gasteiger partial charge on any atom is -0.468 e. The zero-order valence-electron chi connectivity index (χ0n) is 13.0. The molecule has 3 heterocycles. The van der Waals surface area contributed by atoms with Crippen molar-refractivity contribution < 1.29 is 9.15 Å². The lowest BCUT2D eigenvalue weighted by Crippen LogP contribution is -2.23. The van der Waals surface area contributed by atoms with Gasteiger partial charge < -0.3 is 9.15 Å². The minimum absolute atomic E-state index is 0.191. The lowest BCUT2D eigenvalue weighted by atomic mass is 10.2. The molecular weight excluding hydrogens is 328 g/mol. The van der Waals surface area contributed by atoms with Crippen LogP contribution in [0.5, 0.6) is 0 Å². The van der Waals surface area contributed by atoms with Gasteiger partial charge in [0, 0.05) is 11.6 Å². The van der Waals surface area contributed by atoms with Crippen LogP contribution in [0.1, 0.15) is 23.2 Å². The van der Waals surface area contributed by atoms with Crippen LogP contribution in [0, 0.1) is 0 Å². The summed E-state index contributed by atoms with van der Waals surface area (Å²) in [6.45, 7) is 2.83. The van der Waals surface area contributed by atoms with Crippen molar-refractivity contribution in [2.75, 3.05) is 13.2 Å². The van der Waals surface area contributed by atoms with Gasteiger partial charge in [0.25, 0.3) is 0 Å². The van der Waals surface area contributed by atoms with E-state index in [2.05, 4.69) is 15.2 Å². The third-order valence-electron chi connectivity index (χ3n) is 3.97. The van der Waals surface area contributed by atoms with Crippen molar-refractivity contribution in [1.29, 1.82) is 0 Å². The molecule has 124 valence electrons. The Morgan fingerprint density at radius 2 is 2.17 bits per heavy atom. The summed E-state index contributed by atoms with van der Waals surface area (Å²) in [7, 11) is 0. The van der Waals surface area contributed by atoms with Gasteiger partial charge in [-0.05, 0) is 29.8 Å². The summed E-state index contributed by atoms with van der Waals surface area (Å²) in [4.78, 5) is 2.19. The van der Waals surface area contributed by atoms with Gasteiger partial charge in [0.05, 0.1) is 32.2 Å². The highest BCUT2D eigenvalue weighted by atomic mass is 35.5. The average Bonchev–Trinajstić information content (AvgIpc) is 3.29. The predicted octanol–water partition coefficient (Wildman–Crippen LogP) is 3.10. The number of rotatable bonds is 5. The number of nitrogens with zero attached hydrogens (tertiary/aromatic N) is 4. The zero-order valence-corrected chi connectivity index (χ0v) is 13.8. The van der Waals surface area contributed by atoms with Crippen LogP contribution in [0.25, 0.3) is 0 Å². The molecule has 0 aliphatic carbocycles. The van der Waals surface area contributed by atoms with Crippen molar-refractivity contribution in [3.63, 3.8) is 0 Å². The van der Waals surface area contributed by atoms with Crippen molar-refractivity contribution in [2.45, 2.75) is 19.3 Å². The molecule has 2 aromatic heterocycles. The van der Waals surface area contributed by atoms with Crippen LogP contribution in [0.15, 0.2) is 53.3 Å². The second kappa shape index (κ2) is 6.76. The Balaban J connectivity index is 1.47. The molecule has 1 aromatic carbocycles. The Bertz CT molecular complexity index is 803. The molecule has 1 aliphatic rings. The van der Waals surface area contributed by atoms with Crippen LogP contribution in [0.2, 0.25) is 5.02 Å².